The van der Waals surface area contributed by atoms with Gasteiger partial charge in [0.2, 0.25) is 0 Å². The third-order valence-corrected chi connectivity index (χ3v) is 6.29. The van der Waals surface area contributed by atoms with Gasteiger partial charge in [0.1, 0.15) is 0 Å². The Hall–Kier alpha value is -0.160. The van der Waals surface area contributed by atoms with Crippen LogP contribution in [-0.4, -0.2) is 13.1 Å². The SMILES string of the molecule is Brc1ccc(C2CNCCC2c2sccc2Br)cc1. The van der Waals surface area contributed by atoms with E-state index in [-0.39, 0.29) is 0 Å². The Labute approximate surface area is 134 Å². The van der Waals surface area contributed by atoms with Gasteiger partial charge in [0, 0.05) is 32.2 Å². The van der Waals surface area contributed by atoms with Gasteiger partial charge in [-0.25, -0.2) is 0 Å². The first-order valence-electron chi connectivity index (χ1n) is 6.45. The summed E-state index contributed by atoms with van der Waals surface area (Å²) in [7, 11) is 0. The van der Waals surface area contributed by atoms with Gasteiger partial charge in [-0.2, -0.15) is 0 Å². The molecule has 1 aliphatic rings. The van der Waals surface area contributed by atoms with Crippen LogP contribution < -0.4 is 5.32 Å². The lowest BCUT2D eigenvalue weighted by atomic mass is 9.80. The minimum absolute atomic E-state index is 0.566. The summed E-state index contributed by atoms with van der Waals surface area (Å²) in [5, 5.41) is 5.72. The molecule has 1 fully saturated rings. The topological polar surface area (TPSA) is 12.0 Å². The van der Waals surface area contributed by atoms with Crippen LogP contribution in [0, 0.1) is 0 Å². The lowest BCUT2D eigenvalue weighted by molar-refractivity contribution is 0.407. The van der Waals surface area contributed by atoms with Gasteiger partial charge in [0.05, 0.1) is 0 Å². The van der Waals surface area contributed by atoms with Crippen molar-refractivity contribution in [1.29, 1.82) is 0 Å². The van der Waals surface area contributed by atoms with Crippen LogP contribution in [0.2, 0.25) is 0 Å². The molecule has 1 nitrogen and oxygen atoms in total. The van der Waals surface area contributed by atoms with Gasteiger partial charge in [0.25, 0.3) is 0 Å². The van der Waals surface area contributed by atoms with Crippen LogP contribution >= 0.6 is 43.2 Å². The Morgan fingerprint density at radius 2 is 1.84 bits per heavy atom. The number of hydrogen-bond acceptors (Lipinski definition) is 2. The van der Waals surface area contributed by atoms with Gasteiger partial charge < -0.3 is 5.32 Å². The fourth-order valence-electron chi connectivity index (χ4n) is 2.80. The molecule has 1 aromatic carbocycles. The lowest BCUT2D eigenvalue weighted by Crippen LogP contribution is -2.33. The number of benzene rings is 1. The van der Waals surface area contributed by atoms with Crippen molar-refractivity contribution in [3.05, 3.63) is 55.1 Å². The summed E-state index contributed by atoms with van der Waals surface area (Å²) in [5.41, 5.74) is 1.43. The molecular formula is C15H15Br2NS. The van der Waals surface area contributed by atoms with Crippen LogP contribution in [0.25, 0.3) is 0 Å². The molecule has 0 aliphatic carbocycles. The van der Waals surface area contributed by atoms with Crippen LogP contribution in [0.5, 0.6) is 0 Å². The second kappa shape index (κ2) is 6.08. The molecule has 100 valence electrons. The Morgan fingerprint density at radius 3 is 2.53 bits per heavy atom. The van der Waals surface area contributed by atoms with E-state index in [0.717, 1.165) is 17.6 Å². The highest BCUT2D eigenvalue weighted by molar-refractivity contribution is 9.10. The number of halogens is 2. The van der Waals surface area contributed by atoms with Gasteiger partial charge in [-0.05, 0) is 58.0 Å². The van der Waals surface area contributed by atoms with E-state index in [1.807, 2.05) is 11.3 Å². The molecule has 0 saturated carbocycles. The highest BCUT2D eigenvalue weighted by Crippen LogP contribution is 2.42. The van der Waals surface area contributed by atoms with Crippen LogP contribution in [0.4, 0.5) is 0 Å². The van der Waals surface area contributed by atoms with Crippen molar-refractivity contribution in [2.75, 3.05) is 13.1 Å². The number of piperidine rings is 1. The predicted octanol–water partition coefficient (Wildman–Crippen LogP) is 5.13. The Balaban J connectivity index is 1.93. The number of nitrogens with one attached hydrogen (secondary N) is 1. The zero-order chi connectivity index (χ0) is 13.2. The summed E-state index contributed by atoms with van der Waals surface area (Å²) in [6, 6.07) is 10.9. The fraction of sp³-hybridized carbons (Fsp3) is 0.333. The minimum Gasteiger partial charge on any atom is -0.316 e. The van der Waals surface area contributed by atoms with Crippen molar-refractivity contribution in [1.82, 2.24) is 5.32 Å². The number of hydrogen-bond donors (Lipinski definition) is 1. The summed E-state index contributed by atoms with van der Waals surface area (Å²) in [6.45, 7) is 2.18. The Morgan fingerprint density at radius 1 is 1.05 bits per heavy atom. The standard InChI is InChI=1S/C15H15Br2NS/c16-11-3-1-10(2-4-11)13-9-18-7-5-12(13)15-14(17)6-8-19-15/h1-4,6,8,12-13,18H,5,7,9H2. The summed E-state index contributed by atoms with van der Waals surface area (Å²) < 4.78 is 2.42. The van der Waals surface area contributed by atoms with Crippen molar-refractivity contribution in [3.63, 3.8) is 0 Å². The maximum Gasteiger partial charge on any atom is 0.0317 e. The molecule has 1 N–H and O–H groups in total. The first-order chi connectivity index (χ1) is 9.25. The van der Waals surface area contributed by atoms with Gasteiger partial charge >= 0.3 is 0 Å². The third-order valence-electron chi connectivity index (χ3n) is 3.76. The first kappa shape index (κ1) is 13.8. The van der Waals surface area contributed by atoms with Crippen molar-refractivity contribution in [3.8, 4) is 0 Å². The average Bonchev–Trinajstić information content (AvgIpc) is 2.86. The van der Waals surface area contributed by atoms with Gasteiger partial charge in [0.15, 0.2) is 0 Å². The molecule has 2 atom stereocenters. The van der Waals surface area contributed by atoms with E-state index in [1.165, 1.54) is 21.3 Å². The molecular weight excluding hydrogens is 386 g/mol. The molecule has 19 heavy (non-hydrogen) atoms. The summed E-state index contributed by atoms with van der Waals surface area (Å²) in [6.07, 6.45) is 1.21. The molecule has 3 rings (SSSR count). The molecule has 0 spiro atoms. The second-order valence-electron chi connectivity index (χ2n) is 4.89. The van der Waals surface area contributed by atoms with E-state index in [4.69, 9.17) is 0 Å². The highest BCUT2D eigenvalue weighted by Gasteiger charge is 2.29. The van der Waals surface area contributed by atoms with Crippen molar-refractivity contribution in [2.24, 2.45) is 0 Å². The quantitative estimate of drug-likeness (QED) is 0.736. The van der Waals surface area contributed by atoms with Gasteiger partial charge in [-0.1, -0.05) is 28.1 Å². The van der Waals surface area contributed by atoms with E-state index in [0.29, 0.717) is 11.8 Å². The molecule has 2 aromatic rings. The monoisotopic (exact) mass is 399 g/mol. The van der Waals surface area contributed by atoms with E-state index in [9.17, 15) is 0 Å². The van der Waals surface area contributed by atoms with E-state index >= 15 is 0 Å². The molecule has 0 amide bonds. The van der Waals surface area contributed by atoms with Crippen LogP contribution in [0.1, 0.15) is 28.7 Å². The maximum absolute atomic E-state index is 3.70. The van der Waals surface area contributed by atoms with Crippen LogP contribution in [0.3, 0.4) is 0 Å². The largest absolute Gasteiger partial charge is 0.316 e. The summed E-state index contributed by atoms with van der Waals surface area (Å²) in [4.78, 5) is 1.49. The normalized spacial score (nSPS) is 23.5. The van der Waals surface area contributed by atoms with Gasteiger partial charge in [-0.3, -0.25) is 0 Å². The van der Waals surface area contributed by atoms with Crippen molar-refractivity contribution < 1.29 is 0 Å². The predicted molar refractivity (Wildman–Crippen MR) is 89.1 cm³/mol. The molecule has 0 bridgehead atoms. The summed E-state index contributed by atoms with van der Waals surface area (Å²) >= 11 is 9.08. The minimum atomic E-state index is 0.566. The third kappa shape index (κ3) is 2.97. The zero-order valence-electron chi connectivity index (χ0n) is 10.4. The lowest BCUT2D eigenvalue weighted by Gasteiger charge is -2.32. The zero-order valence-corrected chi connectivity index (χ0v) is 14.4. The Bertz CT molecular complexity index is 550. The van der Waals surface area contributed by atoms with Crippen molar-refractivity contribution in [2.45, 2.75) is 18.3 Å². The van der Waals surface area contributed by atoms with Crippen molar-refractivity contribution >= 4 is 43.2 Å². The maximum atomic E-state index is 3.70. The Kier molecular flexibility index (Phi) is 4.42. The van der Waals surface area contributed by atoms with Gasteiger partial charge in [-0.15, -0.1) is 11.3 Å². The van der Waals surface area contributed by atoms with Crippen LogP contribution in [-0.2, 0) is 0 Å². The molecule has 1 saturated heterocycles. The summed E-state index contributed by atoms with van der Waals surface area (Å²) in [5.74, 6) is 1.19. The number of thiophene rings is 1. The number of rotatable bonds is 2. The van der Waals surface area contributed by atoms with Crippen LogP contribution in [0.15, 0.2) is 44.7 Å². The van der Waals surface area contributed by atoms with E-state index in [1.54, 1.807) is 0 Å². The smallest absolute Gasteiger partial charge is 0.0317 e. The second-order valence-corrected chi connectivity index (χ2v) is 7.61. The molecule has 2 heterocycles. The first-order valence-corrected chi connectivity index (χ1v) is 8.91. The molecule has 0 radical (unpaired) electrons. The van der Waals surface area contributed by atoms with E-state index in [2.05, 4.69) is 72.9 Å². The molecule has 4 heteroatoms. The molecule has 1 aliphatic heterocycles. The average molecular weight is 401 g/mol. The highest BCUT2D eigenvalue weighted by atomic mass is 79.9. The van der Waals surface area contributed by atoms with E-state index < -0.39 is 0 Å². The fourth-order valence-corrected chi connectivity index (χ4v) is 4.94. The molecule has 2 unspecified atom stereocenters. The molecule has 1 aromatic heterocycles.